The predicted octanol–water partition coefficient (Wildman–Crippen LogP) is 3.43. The maximum Gasteiger partial charge on any atom is 0.254 e. The van der Waals surface area contributed by atoms with Gasteiger partial charge in [0.1, 0.15) is 0 Å². The van der Waals surface area contributed by atoms with Crippen LogP contribution in [0.25, 0.3) is 0 Å². The average molecular weight is 267 g/mol. The van der Waals surface area contributed by atoms with Crippen LogP contribution in [0, 0.1) is 5.92 Å². The number of aromatic nitrogens is 1. The lowest BCUT2D eigenvalue weighted by Gasteiger charge is -2.28. The Bertz CT molecular complexity index is 414. The van der Waals surface area contributed by atoms with Crippen molar-refractivity contribution in [3.63, 3.8) is 0 Å². The minimum atomic E-state index is -0.104. The Balaban J connectivity index is 1.91. The first kappa shape index (κ1) is 13.3. The zero-order valence-corrected chi connectivity index (χ0v) is 11.4. The van der Waals surface area contributed by atoms with E-state index in [4.69, 9.17) is 11.6 Å². The molecule has 1 amide bonds. The van der Waals surface area contributed by atoms with Crippen LogP contribution in [0.2, 0.25) is 5.02 Å². The van der Waals surface area contributed by atoms with E-state index >= 15 is 0 Å². The quantitative estimate of drug-likeness (QED) is 0.911. The van der Waals surface area contributed by atoms with Gasteiger partial charge in [0.05, 0.1) is 10.6 Å². The van der Waals surface area contributed by atoms with Gasteiger partial charge < -0.3 is 5.32 Å². The van der Waals surface area contributed by atoms with Crippen molar-refractivity contribution >= 4 is 17.5 Å². The zero-order valence-electron chi connectivity index (χ0n) is 10.7. The third kappa shape index (κ3) is 3.22. The second kappa shape index (κ2) is 6.19. The Hall–Kier alpha value is -1.09. The lowest BCUT2D eigenvalue weighted by molar-refractivity contribution is 0.0921. The van der Waals surface area contributed by atoms with E-state index in [0.717, 1.165) is 18.8 Å². The molecule has 0 saturated heterocycles. The molecule has 1 aromatic heterocycles. The van der Waals surface area contributed by atoms with Crippen LogP contribution in [0.5, 0.6) is 0 Å². The van der Waals surface area contributed by atoms with Crippen molar-refractivity contribution in [2.75, 3.05) is 0 Å². The molecule has 1 heterocycles. The molecule has 0 bridgehead atoms. The van der Waals surface area contributed by atoms with Crippen molar-refractivity contribution in [2.45, 2.75) is 45.1 Å². The molecule has 4 heteroatoms. The second-order valence-electron chi connectivity index (χ2n) is 4.95. The van der Waals surface area contributed by atoms with Gasteiger partial charge in [0.25, 0.3) is 5.91 Å². The number of carbonyl (C=O) groups is 1. The van der Waals surface area contributed by atoms with Crippen LogP contribution in [0.15, 0.2) is 18.5 Å². The smallest absolute Gasteiger partial charge is 0.254 e. The molecular weight excluding hydrogens is 248 g/mol. The zero-order chi connectivity index (χ0) is 13.0. The molecule has 0 radical (unpaired) electrons. The number of nitrogens with zero attached hydrogens (tertiary/aromatic N) is 1. The van der Waals surface area contributed by atoms with E-state index in [0.29, 0.717) is 10.6 Å². The lowest BCUT2D eigenvalue weighted by atomic mass is 9.84. The maximum atomic E-state index is 12.0. The molecule has 0 unspecified atom stereocenters. The van der Waals surface area contributed by atoms with Crippen molar-refractivity contribution in [1.29, 1.82) is 0 Å². The molecular formula is C14H19ClN2O. The van der Waals surface area contributed by atoms with E-state index in [1.165, 1.54) is 25.5 Å². The number of pyridine rings is 1. The molecule has 1 aromatic rings. The van der Waals surface area contributed by atoms with Crippen molar-refractivity contribution in [2.24, 2.45) is 5.92 Å². The first-order chi connectivity index (χ1) is 8.70. The number of rotatable bonds is 3. The Morgan fingerprint density at radius 2 is 2.17 bits per heavy atom. The predicted molar refractivity (Wildman–Crippen MR) is 72.8 cm³/mol. The van der Waals surface area contributed by atoms with E-state index in [1.807, 2.05) is 0 Å². The summed E-state index contributed by atoms with van der Waals surface area (Å²) < 4.78 is 0. The number of halogens is 1. The molecule has 2 rings (SSSR count). The van der Waals surface area contributed by atoms with Gasteiger partial charge in [0, 0.05) is 18.4 Å². The van der Waals surface area contributed by atoms with Crippen molar-refractivity contribution in [3.05, 3.63) is 29.0 Å². The highest BCUT2D eigenvalue weighted by Gasteiger charge is 2.22. The summed E-state index contributed by atoms with van der Waals surface area (Å²) in [7, 11) is 0. The van der Waals surface area contributed by atoms with Crippen LogP contribution in [-0.2, 0) is 0 Å². The molecule has 0 aromatic carbocycles. The molecule has 18 heavy (non-hydrogen) atoms. The van der Waals surface area contributed by atoms with Crippen molar-refractivity contribution in [1.82, 2.24) is 10.3 Å². The molecule has 98 valence electrons. The summed E-state index contributed by atoms with van der Waals surface area (Å²) in [5.41, 5.74) is 0.469. The molecule has 3 nitrogen and oxygen atoms in total. The SMILES string of the molecule is CCC1CCC(NC(=O)c2cnccc2Cl)CC1. The van der Waals surface area contributed by atoms with Gasteiger partial charge in [0.2, 0.25) is 0 Å². The van der Waals surface area contributed by atoms with Crippen molar-refractivity contribution in [3.8, 4) is 0 Å². The number of hydrogen-bond donors (Lipinski definition) is 1. The molecule has 0 aliphatic heterocycles. The monoisotopic (exact) mass is 266 g/mol. The van der Waals surface area contributed by atoms with Gasteiger partial charge in [0.15, 0.2) is 0 Å². The molecule has 0 spiro atoms. The van der Waals surface area contributed by atoms with E-state index in [2.05, 4.69) is 17.2 Å². The molecule has 0 atom stereocenters. The first-order valence-corrected chi connectivity index (χ1v) is 6.99. The molecule has 1 aliphatic carbocycles. The molecule has 1 N–H and O–H groups in total. The topological polar surface area (TPSA) is 42.0 Å². The van der Waals surface area contributed by atoms with Gasteiger partial charge in [-0.2, -0.15) is 0 Å². The Kier molecular flexibility index (Phi) is 4.59. The lowest BCUT2D eigenvalue weighted by Crippen LogP contribution is -2.37. The van der Waals surface area contributed by atoms with Crippen LogP contribution in [0.3, 0.4) is 0 Å². The number of amides is 1. The van der Waals surface area contributed by atoms with Gasteiger partial charge in [-0.25, -0.2) is 0 Å². The fourth-order valence-corrected chi connectivity index (χ4v) is 2.71. The Morgan fingerprint density at radius 3 is 2.78 bits per heavy atom. The fraction of sp³-hybridized carbons (Fsp3) is 0.571. The largest absolute Gasteiger partial charge is 0.349 e. The van der Waals surface area contributed by atoms with Crippen LogP contribution < -0.4 is 5.32 Å². The number of carbonyl (C=O) groups excluding carboxylic acids is 1. The minimum Gasteiger partial charge on any atom is -0.349 e. The summed E-state index contributed by atoms with van der Waals surface area (Å²) in [6.07, 6.45) is 8.92. The summed E-state index contributed by atoms with van der Waals surface area (Å²) >= 11 is 5.98. The van der Waals surface area contributed by atoms with Crippen LogP contribution in [0.4, 0.5) is 0 Å². The van der Waals surface area contributed by atoms with Crippen LogP contribution in [-0.4, -0.2) is 16.9 Å². The van der Waals surface area contributed by atoms with Gasteiger partial charge >= 0.3 is 0 Å². The summed E-state index contributed by atoms with van der Waals surface area (Å²) in [5, 5.41) is 3.52. The fourth-order valence-electron chi connectivity index (χ4n) is 2.52. The second-order valence-corrected chi connectivity index (χ2v) is 5.36. The summed E-state index contributed by atoms with van der Waals surface area (Å²) in [6, 6.07) is 1.93. The van der Waals surface area contributed by atoms with Crippen LogP contribution >= 0.6 is 11.6 Å². The van der Waals surface area contributed by atoms with Gasteiger partial charge in [-0.1, -0.05) is 24.9 Å². The summed E-state index contributed by atoms with van der Waals surface area (Å²) in [6.45, 7) is 2.24. The highest BCUT2D eigenvalue weighted by atomic mass is 35.5. The minimum absolute atomic E-state index is 0.104. The van der Waals surface area contributed by atoms with Gasteiger partial charge in [-0.15, -0.1) is 0 Å². The number of nitrogens with one attached hydrogen (secondary N) is 1. The van der Waals surface area contributed by atoms with Crippen LogP contribution in [0.1, 0.15) is 49.4 Å². The highest BCUT2D eigenvalue weighted by molar-refractivity contribution is 6.33. The first-order valence-electron chi connectivity index (χ1n) is 6.61. The van der Waals surface area contributed by atoms with E-state index in [-0.39, 0.29) is 11.9 Å². The summed E-state index contributed by atoms with van der Waals surface area (Å²) in [4.78, 5) is 16.0. The maximum absolute atomic E-state index is 12.0. The standard InChI is InChI=1S/C14H19ClN2O/c1-2-10-3-5-11(6-4-10)17-14(18)12-9-16-8-7-13(12)15/h7-11H,2-6H2,1H3,(H,17,18). The van der Waals surface area contributed by atoms with Gasteiger partial charge in [-0.3, -0.25) is 9.78 Å². The third-order valence-electron chi connectivity index (χ3n) is 3.77. The van der Waals surface area contributed by atoms with E-state index in [9.17, 15) is 4.79 Å². The molecule has 1 fully saturated rings. The third-order valence-corrected chi connectivity index (χ3v) is 4.10. The molecule has 1 saturated carbocycles. The summed E-state index contributed by atoms with van der Waals surface area (Å²) in [5.74, 6) is 0.730. The Morgan fingerprint density at radius 1 is 1.44 bits per heavy atom. The normalized spacial score (nSPS) is 23.7. The van der Waals surface area contributed by atoms with E-state index < -0.39 is 0 Å². The van der Waals surface area contributed by atoms with Gasteiger partial charge in [-0.05, 0) is 37.7 Å². The number of hydrogen-bond acceptors (Lipinski definition) is 2. The van der Waals surface area contributed by atoms with Crippen molar-refractivity contribution < 1.29 is 4.79 Å². The van der Waals surface area contributed by atoms with E-state index in [1.54, 1.807) is 12.3 Å². The molecule has 1 aliphatic rings. The highest BCUT2D eigenvalue weighted by Crippen LogP contribution is 2.26. The average Bonchev–Trinajstić information content (AvgIpc) is 2.40. The Labute approximate surface area is 113 Å².